The van der Waals surface area contributed by atoms with Crippen molar-refractivity contribution in [1.82, 2.24) is 24.4 Å². The highest BCUT2D eigenvalue weighted by atomic mass is 16.2. The van der Waals surface area contributed by atoms with Crippen molar-refractivity contribution in [2.75, 3.05) is 13.6 Å². The molecule has 6 heteroatoms. The van der Waals surface area contributed by atoms with Crippen LogP contribution in [0, 0.1) is 6.92 Å². The zero-order chi connectivity index (χ0) is 17.8. The van der Waals surface area contributed by atoms with Crippen LogP contribution in [-0.2, 0) is 11.2 Å². The van der Waals surface area contributed by atoms with Crippen molar-refractivity contribution in [3.05, 3.63) is 29.2 Å². The summed E-state index contributed by atoms with van der Waals surface area (Å²) in [7, 11) is 2.16. The molecular formula is C20H27N5O. The molecule has 0 aromatic carbocycles. The van der Waals surface area contributed by atoms with E-state index in [2.05, 4.69) is 26.9 Å². The molecule has 2 aromatic heterocycles. The summed E-state index contributed by atoms with van der Waals surface area (Å²) in [5, 5.41) is 4.64. The summed E-state index contributed by atoms with van der Waals surface area (Å²) < 4.78 is 2.01. The van der Waals surface area contributed by atoms with E-state index in [0.29, 0.717) is 24.4 Å². The van der Waals surface area contributed by atoms with Gasteiger partial charge in [0.25, 0.3) is 0 Å². The van der Waals surface area contributed by atoms with Gasteiger partial charge in [0.2, 0.25) is 5.91 Å². The van der Waals surface area contributed by atoms with Gasteiger partial charge in [-0.3, -0.25) is 4.79 Å². The summed E-state index contributed by atoms with van der Waals surface area (Å²) in [4.78, 5) is 22.4. The van der Waals surface area contributed by atoms with Gasteiger partial charge in [0, 0.05) is 42.8 Å². The van der Waals surface area contributed by atoms with Gasteiger partial charge in [-0.05, 0) is 46.2 Å². The minimum Gasteiger partial charge on any atom is -0.332 e. The third kappa shape index (κ3) is 2.46. The minimum atomic E-state index is 0.187. The summed E-state index contributed by atoms with van der Waals surface area (Å²) in [6.45, 7) is 3.13. The Labute approximate surface area is 154 Å². The first-order valence-electron chi connectivity index (χ1n) is 9.97. The molecule has 26 heavy (non-hydrogen) atoms. The van der Waals surface area contributed by atoms with E-state index in [4.69, 9.17) is 0 Å². The minimum absolute atomic E-state index is 0.187. The van der Waals surface area contributed by atoms with E-state index < -0.39 is 0 Å². The Morgan fingerprint density at radius 2 is 2.15 bits per heavy atom. The predicted molar refractivity (Wildman–Crippen MR) is 98.9 cm³/mol. The van der Waals surface area contributed by atoms with Crippen LogP contribution in [0.1, 0.15) is 61.5 Å². The van der Waals surface area contributed by atoms with E-state index >= 15 is 0 Å². The van der Waals surface area contributed by atoms with Crippen LogP contribution in [0.4, 0.5) is 0 Å². The number of aryl methyl sites for hydroxylation is 1. The van der Waals surface area contributed by atoms with E-state index in [-0.39, 0.29) is 6.04 Å². The lowest BCUT2D eigenvalue weighted by molar-refractivity contribution is -0.136. The number of carbonyl (C=O) groups is 1. The Balaban J connectivity index is 1.44. The van der Waals surface area contributed by atoms with Gasteiger partial charge in [-0.15, -0.1) is 0 Å². The maximum atomic E-state index is 13.2. The van der Waals surface area contributed by atoms with E-state index in [1.165, 1.54) is 24.1 Å². The Kier molecular flexibility index (Phi) is 3.78. The topological polar surface area (TPSA) is 53.7 Å². The van der Waals surface area contributed by atoms with Gasteiger partial charge in [-0.2, -0.15) is 5.10 Å². The van der Waals surface area contributed by atoms with Gasteiger partial charge in [0.1, 0.15) is 0 Å². The number of carbonyl (C=O) groups excluding carboxylic acids is 1. The van der Waals surface area contributed by atoms with Gasteiger partial charge >= 0.3 is 0 Å². The summed E-state index contributed by atoms with van der Waals surface area (Å²) in [6.07, 6.45) is 9.35. The summed E-state index contributed by atoms with van der Waals surface area (Å²) in [5.41, 5.74) is 4.38. The van der Waals surface area contributed by atoms with Crippen LogP contribution in [0.5, 0.6) is 0 Å². The highest BCUT2D eigenvalue weighted by molar-refractivity contribution is 5.78. The molecule has 1 amide bonds. The molecule has 2 bridgehead atoms. The van der Waals surface area contributed by atoms with Crippen molar-refractivity contribution in [3.63, 3.8) is 0 Å². The van der Waals surface area contributed by atoms with Gasteiger partial charge in [0.05, 0.1) is 17.4 Å². The van der Waals surface area contributed by atoms with Crippen molar-refractivity contribution in [2.24, 2.45) is 0 Å². The zero-order valence-corrected chi connectivity index (χ0v) is 15.7. The van der Waals surface area contributed by atoms with Gasteiger partial charge in [-0.25, -0.2) is 9.50 Å². The quantitative estimate of drug-likeness (QED) is 0.832. The van der Waals surface area contributed by atoms with Crippen LogP contribution in [0.2, 0.25) is 0 Å². The van der Waals surface area contributed by atoms with Gasteiger partial charge in [-0.1, -0.05) is 6.42 Å². The third-order valence-electron chi connectivity index (χ3n) is 6.65. The summed E-state index contributed by atoms with van der Waals surface area (Å²) in [6, 6.07) is 2.94. The molecule has 0 radical (unpaired) electrons. The first kappa shape index (κ1) is 16.2. The van der Waals surface area contributed by atoms with Crippen molar-refractivity contribution >= 4 is 11.6 Å². The lowest BCUT2D eigenvalue weighted by Crippen LogP contribution is -2.46. The average Bonchev–Trinajstić information content (AvgIpc) is 3.16. The lowest BCUT2D eigenvalue weighted by Gasteiger charge is -2.39. The van der Waals surface area contributed by atoms with Crippen molar-refractivity contribution in [1.29, 1.82) is 0 Å². The maximum Gasteiger partial charge on any atom is 0.224 e. The normalized spacial score (nSPS) is 28.5. The second-order valence-electron chi connectivity index (χ2n) is 8.30. The van der Waals surface area contributed by atoms with Crippen molar-refractivity contribution in [2.45, 2.75) is 70.0 Å². The second kappa shape index (κ2) is 6.05. The predicted octanol–water partition coefficient (Wildman–Crippen LogP) is 2.50. The molecular weight excluding hydrogens is 326 g/mol. The average molecular weight is 353 g/mol. The molecule has 0 aliphatic carbocycles. The zero-order valence-electron chi connectivity index (χ0n) is 15.7. The molecule has 3 aliphatic heterocycles. The third-order valence-corrected chi connectivity index (χ3v) is 6.65. The highest BCUT2D eigenvalue weighted by Gasteiger charge is 2.44. The van der Waals surface area contributed by atoms with Crippen LogP contribution in [0.25, 0.3) is 5.65 Å². The standard InChI is InChI=1S/C20H27N5O/c1-13-9-19-21-12-16-17-7-6-15(10-18(16)25(19)22-13)24(17)20(26)11-14-5-3-4-8-23(14)2/h9,12,14-15,17H,3-8,10-11H2,1-2H3/t14-,15+,17+/m0/s1. The largest absolute Gasteiger partial charge is 0.332 e. The van der Waals surface area contributed by atoms with Gasteiger partial charge in [0.15, 0.2) is 5.65 Å². The fourth-order valence-corrected chi connectivity index (χ4v) is 5.29. The molecule has 0 unspecified atom stereocenters. The molecule has 5 rings (SSSR count). The SMILES string of the molecule is Cc1cc2ncc3c(n2n1)C[C@H]1CC[C@H]3N1C(=O)C[C@@H]1CCCCN1C. The number of hydrogen-bond donors (Lipinski definition) is 0. The van der Waals surface area contributed by atoms with Crippen LogP contribution in [0.3, 0.4) is 0 Å². The molecule has 2 saturated heterocycles. The Bertz CT molecular complexity index is 859. The number of likely N-dealkylation sites (tertiary alicyclic amines) is 1. The molecule has 0 N–H and O–H groups in total. The van der Waals surface area contributed by atoms with E-state index in [0.717, 1.165) is 43.6 Å². The molecule has 2 aromatic rings. The number of aromatic nitrogens is 3. The Hall–Kier alpha value is -1.95. The molecule has 138 valence electrons. The summed E-state index contributed by atoms with van der Waals surface area (Å²) >= 11 is 0. The number of nitrogens with zero attached hydrogens (tertiary/aromatic N) is 5. The van der Waals surface area contributed by atoms with E-state index in [1.807, 2.05) is 23.7 Å². The second-order valence-corrected chi connectivity index (χ2v) is 8.30. The first-order chi connectivity index (χ1) is 12.6. The number of rotatable bonds is 2. The first-order valence-corrected chi connectivity index (χ1v) is 9.97. The maximum absolute atomic E-state index is 13.2. The molecule has 2 fully saturated rings. The molecule has 0 saturated carbocycles. The monoisotopic (exact) mass is 353 g/mol. The van der Waals surface area contributed by atoms with Crippen LogP contribution in [0.15, 0.2) is 12.3 Å². The van der Waals surface area contributed by atoms with Gasteiger partial charge < -0.3 is 9.80 Å². The summed E-state index contributed by atoms with van der Waals surface area (Å²) in [5.74, 6) is 0.332. The lowest BCUT2D eigenvalue weighted by atomic mass is 9.96. The Morgan fingerprint density at radius 1 is 1.27 bits per heavy atom. The smallest absolute Gasteiger partial charge is 0.224 e. The molecule has 3 aliphatic rings. The van der Waals surface area contributed by atoms with Crippen LogP contribution < -0.4 is 0 Å². The van der Waals surface area contributed by atoms with Crippen LogP contribution >= 0.6 is 0 Å². The van der Waals surface area contributed by atoms with Crippen LogP contribution in [-0.4, -0.2) is 56.0 Å². The molecule has 5 heterocycles. The highest BCUT2D eigenvalue weighted by Crippen LogP contribution is 2.44. The Morgan fingerprint density at radius 3 is 3.00 bits per heavy atom. The molecule has 6 nitrogen and oxygen atoms in total. The number of amides is 1. The molecule has 0 spiro atoms. The molecule has 3 atom stereocenters. The number of piperidine rings is 1. The number of hydrogen-bond acceptors (Lipinski definition) is 4. The fourth-order valence-electron chi connectivity index (χ4n) is 5.29. The fraction of sp³-hybridized carbons (Fsp3) is 0.650. The van der Waals surface area contributed by atoms with Crippen molar-refractivity contribution < 1.29 is 4.79 Å². The van der Waals surface area contributed by atoms with E-state index in [1.54, 1.807) is 0 Å². The van der Waals surface area contributed by atoms with E-state index in [9.17, 15) is 4.79 Å². The van der Waals surface area contributed by atoms with Crippen molar-refractivity contribution in [3.8, 4) is 0 Å². The number of fused-ring (bicyclic) bond motifs is 6.